The van der Waals surface area contributed by atoms with Gasteiger partial charge in [-0.25, -0.2) is 14.5 Å². The molecule has 0 unspecified atom stereocenters. The number of nitrogens with two attached hydrogens (primary N) is 1. The zero-order valence-corrected chi connectivity index (χ0v) is 12.0. The maximum atomic E-state index is 11.7. The van der Waals surface area contributed by atoms with Crippen LogP contribution < -0.4 is 5.73 Å². The van der Waals surface area contributed by atoms with Gasteiger partial charge in [-0.1, -0.05) is 16.8 Å². The Morgan fingerprint density at radius 2 is 2.30 bits per heavy atom. The lowest BCUT2D eigenvalue weighted by atomic mass is 10.3. The van der Waals surface area contributed by atoms with E-state index in [4.69, 9.17) is 22.1 Å². The molecule has 0 aliphatic heterocycles. The first-order chi connectivity index (χ1) is 9.58. The van der Waals surface area contributed by atoms with Gasteiger partial charge in [-0.15, -0.1) is 5.10 Å². The summed E-state index contributed by atoms with van der Waals surface area (Å²) in [6, 6.07) is 0. The number of nitrogens with zero attached hydrogens (tertiary/aromatic N) is 5. The van der Waals surface area contributed by atoms with Gasteiger partial charge in [0.15, 0.2) is 5.69 Å². The van der Waals surface area contributed by atoms with Crippen molar-refractivity contribution < 1.29 is 9.53 Å². The van der Waals surface area contributed by atoms with E-state index in [1.165, 1.54) is 4.68 Å². The molecule has 2 rings (SSSR count). The molecule has 2 aromatic rings. The standard InChI is InChI=1S/C11H15ClN6O2/c1-3-20-11(19)10-7(4-13)18(16-15-10)6-9-14-5-8(12)17(9)2/h5H,3-4,6,13H2,1-2H3. The molecular formula is C11H15ClN6O2. The fourth-order valence-corrected chi connectivity index (χ4v) is 1.87. The minimum Gasteiger partial charge on any atom is -0.461 e. The number of esters is 1. The average molecular weight is 299 g/mol. The first kappa shape index (κ1) is 14.5. The van der Waals surface area contributed by atoms with Gasteiger partial charge < -0.3 is 15.0 Å². The minimum absolute atomic E-state index is 0.124. The molecule has 0 saturated heterocycles. The second kappa shape index (κ2) is 6.02. The van der Waals surface area contributed by atoms with Gasteiger partial charge >= 0.3 is 5.97 Å². The van der Waals surface area contributed by atoms with E-state index in [1.54, 1.807) is 24.7 Å². The smallest absolute Gasteiger partial charge is 0.360 e. The summed E-state index contributed by atoms with van der Waals surface area (Å²) < 4.78 is 8.14. The Morgan fingerprint density at radius 1 is 1.55 bits per heavy atom. The summed E-state index contributed by atoms with van der Waals surface area (Å²) in [7, 11) is 1.79. The van der Waals surface area contributed by atoms with Crippen molar-refractivity contribution in [1.82, 2.24) is 24.5 Å². The predicted octanol–water partition coefficient (Wildman–Crippen LogP) is 0.349. The second-order valence-corrected chi connectivity index (χ2v) is 4.41. The Hall–Kier alpha value is -1.93. The Balaban J connectivity index is 2.29. The molecule has 2 N–H and O–H groups in total. The van der Waals surface area contributed by atoms with Crippen LogP contribution >= 0.6 is 11.6 Å². The van der Waals surface area contributed by atoms with Crippen molar-refractivity contribution in [1.29, 1.82) is 0 Å². The molecule has 0 atom stereocenters. The van der Waals surface area contributed by atoms with Gasteiger partial charge in [-0.3, -0.25) is 0 Å². The van der Waals surface area contributed by atoms with Crippen LogP contribution in [0.4, 0.5) is 0 Å². The highest BCUT2D eigenvalue weighted by molar-refractivity contribution is 6.29. The Bertz CT molecular complexity index is 620. The van der Waals surface area contributed by atoms with Crippen molar-refractivity contribution in [3.05, 3.63) is 28.6 Å². The molecule has 8 nitrogen and oxygen atoms in total. The zero-order valence-electron chi connectivity index (χ0n) is 11.2. The van der Waals surface area contributed by atoms with E-state index < -0.39 is 5.97 Å². The van der Waals surface area contributed by atoms with Crippen LogP contribution in [-0.2, 0) is 24.9 Å². The average Bonchev–Trinajstić information content (AvgIpc) is 2.97. The Morgan fingerprint density at radius 3 is 2.85 bits per heavy atom. The summed E-state index contributed by atoms with van der Waals surface area (Å²) in [6.07, 6.45) is 1.54. The summed E-state index contributed by atoms with van der Waals surface area (Å²) in [5.74, 6) is 0.155. The van der Waals surface area contributed by atoms with E-state index in [1.807, 2.05) is 0 Å². The summed E-state index contributed by atoms with van der Waals surface area (Å²) >= 11 is 5.92. The third kappa shape index (κ3) is 2.66. The van der Waals surface area contributed by atoms with Crippen LogP contribution in [0.1, 0.15) is 28.9 Å². The van der Waals surface area contributed by atoms with Crippen LogP contribution in [0, 0.1) is 0 Å². The molecule has 20 heavy (non-hydrogen) atoms. The van der Waals surface area contributed by atoms with Crippen LogP contribution in [0.25, 0.3) is 0 Å². The molecule has 0 aromatic carbocycles. The van der Waals surface area contributed by atoms with Gasteiger partial charge in [0.25, 0.3) is 0 Å². The second-order valence-electron chi connectivity index (χ2n) is 4.02. The van der Waals surface area contributed by atoms with Crippen LogP contribution in [0.2, 0.25) is 5.15 Å². The monoisotopic (exact) mass is 298 g/mol. The number of hydrogen-bond acceptors (Lipinski definition) is 6. The molecule has 0 bridgehead atoms. The molecule has 0 amide bonds. The summed E-state index contributed by atoms with van der Waals surface area (Å²) in [4.78, 5) is 15.9. The number of ether oxygens (including phenoxy) is 1. The van der Waals surface area contributed by atoms with E-state index in [-0.39, 0.29) is 18.8 Å². The van der Waals surface area contributed by atoms with Crippen molar-refractivity contribution in [2.75, 3.05) is 6.61 Å². The maximum absolute atomic E-state index is 11.7. The number of carbonyl (C=O) groups is 1. The largest absolute Gasteiger partial charge is 0.461 e. The molecular weight excluding hydrogens is 284 g/mol. The van der Waals surface area contributed by atoms with Crippen LogP contribution in [-0.4, -0.2) is 37.1 Å². The first-order valence-electron chi connectivity index (χ1n) is 6.04. The maximum Gasteiger partial charge on any atom is 0.360 e. The SMILES string of the molecule is CCOC(=O)c1nnn(Cc2ncc(Cl)n2C)c1CN. The number of imidazole rings is 1. The number of hydrogen-bond donors (Lipinski definition) is 1. The van der Waals surface area contributed by atoms with E-state index >= 15 is 0 Å². The normalized spacial score (nSPS) is 10.8. The molecule has 2 aromatic heterocycles. The highest BCUT2D eigenvalue weighted by Gasteiger charge is 2.20. The van der Waals surface area contributed by atoms with Gasteiger partial charge in [0.2, 0.25) is 0 Å². The molecule has 0 aliphatic carbocycles. The molecule has 0 aliphatic rings. The number of rotatable bonds is 5. The van der Waals surface area contributed by atoms with Crippen molar-refractivity contribution in [2.45, 2.75) is 20.0 Å². The highest BCUT2D eigenvalue weighted by atomic mass is 35.5. The molecule has 9 heteroatoms. The summed E-state index contributed by atoms with van der Waals surface area (Å²) in [5.41, 5.74) is 6.30. The number of carbonyl (C=O) groups excluding carboxylic acids is 1. The third-order valence-electron chi connectivity index (χ3n) is 2.82. The summed E-state index contributed by atoms with van der Waals surface area (Å²) in [6.45, 7) is 2.44. The van der Waals surface area contributed by atoms with Gasteiger partial charge in [-0.05, 0) is 6.92 Å². The Labute approximate surface area is 120 Å². The zero-order chi connectivity index (χ0) is 14.7. The molecule has 0 radical (unpaired) electrons. The van der Waals surface area contributed by atoms with Gasteiger partial charge in [-0.2, -0.15) is 0 Å². The van der Waals surface area contributed by atoms with Gasteiger partial charge in [0.05, 0.1) is 18.5 Å². The van der Waals surface area contributed by atoms with Crippen LogP contribution in [0.3, 0.4) is 0 Å². The lowest BCUT2D eigenvalue weighted by Gasteiger charge is -2.06. The van der Waals surface area contributed by atoms with Crippen molar-refractivity contribution in [2.24, 2.45) is 12.8 Å². The fourth-order valence-electron chi connectivity index (χ4n) is 1.72. The molecule has 0 saturated carbocycles. The number of aromatic nitrogens is 5. The fraction of sp³-hybridized carbons (Fsp3) is 0.455. The lowest BCUT2D eigenvalue weighted by molar-refractivity contribution is 0.0518. The van der Waals surface area contributed by atoms with E-state index in [0.717, 1.165) is 0 Å². The van der Waals surface area contributed by atoms with Gasteiger partial charge in [0.1, 0.15) is 17.5 Å². The van der Waals surface area contributed by atoms with E-state index in [2.05, 4.69) is 15.3 Å². The molecule has 0 fully saturated rings. The first-order valence-corrected chi connectivity index (χ1v) is 6.41. The predicted molar refractivity (Wildman–Crippen MR) is 71.2 cm³/mol. The Kier molecular flexibility index (Phi) is 4.35. The molecule has 2 heterocycles. The minimum atomic E-state index is -0.530. The van der Waals surface area contributed by atoms with Crippen LogP contribution in [0.5, 0.6) is 0 Å². The van der Waals surface area contributed by atoms with Gasteiger partial charge in [0, 0.05) is 13.6 Å². The third-order valence-corrected chi connectivity index (χ3v) is 3.17. The van der Waals surface area contributed by atoms with Crippen LogP contribution in [0.15, 0.2) is 6.20 Å². The number of halogens is 1. The summed E-state index contributed by atoms with van der Waals surface area (Å²) in [5, 5.41) is 8.27. The van der Waals surface area contributed by atoms with E-state index in [0.29, 0.717) is 23.2 Å². The molecule has 108 valence electrons. The van der Waals surface area contributed by atoms with Crippen molar-refractivity contribution in [3.8, 4) is 0 Å². The quantitative estimate of drug-likeness (QED) is 0.799. The van der Waals surface area contributed by atoms with Crippen molar-refractivity contribution in [3.63, 3.8) is 0 Å². The highest BCUT2D eigenvalue weighted by Crippen LogP contribution is 2.12. The lowest BCUT2D eigenvalue weighted by Crippen LogP contribution is -2.16. The van der Waals surface area contributed by atoms with E-state index in [9.17, 15) is 4.79 Å². The topological polar surface area (TPSA) is 101 Å². The van der Waals surface area contributed by atoms with Crippen molar-refractivity contribution >= 4 is 17.6 Å². The molecule has 0 spiro atoms.